The van der Waals surface area contributed by atoms with Gasteiger partial charge in [-0.25, -0.2) is 4.39 Å². The standard InChI is InChI=1S/C10H9FN2OS/c1-15-8-4-2-3-6(11)10(8)7-5-9(12)14-13-7/h2-5H,12H2,1H3. The first kappa shape index (κ1) is 10.0. The Balaban J connectivity index is 2.60. The second kappa shape index (κ2) is 3.94. The maximum absolute atomic E-state index is 13.6. The minimum atomic E-state index is -0.324. The van der Waals surface area contributed by atoms with Crippen LogP contribution in [0, 0.1) is 5.82 Å². The summed E-state index contributed by atoms with van der Waals surface area (Å²) in [6.07, 6.45) is 1.88. The zero-order valence-electron chi connectivity index (χ0n) is 8.03. The average Bonchev–Trinajstić information content (AvgIpc) is 2.64. The molecule has 1 aromatic carbocycles. The number of aromatic nitrogens is 1. The molecule has 0 saturated carbocycles. The number of thioether (sulfide) groups is 1. The third-order valence-corrected chi connectivity index (χ3v) is 2.76. The lowest BCUT2D eigenvalue weighted by Gasteiger charge is -2.04. The molecule has 0 spiro atoms. The monoisotopic (exact) mass is 224 g/mol. The van der Waals surface area contributed by atoms with Crippen LogP contribution < -0.4 is 5.73 Å². The predicted octanol–water partition coefficient (Wildman–Crippen LogP) is 2.78. The van der Waals surface area contributed by atoms with Gasteiger partial charge in [0.05, 0.1) is 5.56 Å². The highest BCUT2D eigenvalue weighted by Crippen LogP contribution is 2.32. The Morgan fingerprint density at radius 3 is 2.87 bits per heavy atom. The third kappa shape index (κ3) is 1.83. The van der Waals surface area contributed by atoms with Gasteiger partial charge < -0.3 is 10.3 Å². The predicted molar refractivity (Wildman–Crippen MR) is 58.1 cm³/mol. The van der Waals surface area contributed by atoms with E-state index in [1.54, 1.807) is 6.07 Å². The molecule has 0 unspecified atom stereocenters. The normalized spacial score (nSPS) is 10.5. The first-order valence-corrected chi connectivity index (χ1v) is 5.50. The van der Waals surface area contributed by atoms with Gasteiger partial charge >= 0.3 is 0 Å². The summed E-state index contributed by atoms with van der Waals surface area (Å²) in [7, 11) is 0. The van der Waals surface area contributed by atoms with Crippen LogP contribution in [-0.4, -0.2) is 11.4 Å². The van der Waals surface area contributed by atoms with Crippen molar-refractivity contribution in [3.63, 3.8) is 0 Å². The van der Waals surface area contributed by atoms with Gasteiger partial charge in [-0.15, -0.1) is 11.8 Å². The van der Waals surface area contributed by atoms with Crippen molar-refractivity contribution in [1.82, 2.24) is 5.16 Å². The van der Waals surface area contributed by atoms with Crippen LogP contribution in [0.15, 0.2) is 33.7 Å². The molecule has 1 heterocycles. The van der Waals surface area contributed by atoms with Crippen molar-refractivity contribution in [2.45, 2.75) is 4.90 Å². The van der Waals surface area contributed by atoms with Crippen molar-refractivity contribution in [2.24, 2.45) is 0 Å². The fraction of sp³-hybridized carbons (Fsp3) is 0.100. The fourth-order valence-electron chi connectivity index (χ4n) is 1.33. The summed E-state index contributed by atoms with van der Waals surface area (Å²) >= 11 is 1.45. The van der Waals surface area contributed by atoms with Crippen molar-refractivity contribution in [3.05, 3.63) is 30.1 Å². The minimum Gasteiger partial charge on any atom is -0.368 e. The van der Waals surface area contributed by atoms with Gasteiger partial charge in [-0.3, -0.25) is 0 Å². The Bertz CT molecular complexity index is 484. The molecule has 0 amide bonds. The molecule has 0 aliphatic heterocycles. The molecule has 2 rings (SSSR count). The van der Waals surface area contributed by atoms with E-state index in [9.17, 15) is 4.39 Å². The zero-order chi connectivity index (χ0) is 10.8. The van der Waals surface area contributed by atoms with Crippen molar-refractivity contribution in [2.75, 3.05) is 12.0 Å². The van der Waals surface area contributed by atoms with Crippen LogP contribution in [0.5, 0.6) is 0 Å². The van der Waals surface area contributed by atoms with Gasteiger partial charge in [0.2, 0.25) is 5.88 Å². The SMILES string of the molecule is CSc1cccc(F)c1-c1cc(N)on1. The lowest BCUT2D eigenvalue weighted by molar-refractivity contribution is 0.438. The first-order valence-electron chi connectivity index (χ1n) is 4.27. The Morgan fingerprint density at radius 1 is 1.47 bits per heavy atom. The number of anilines is 1. The van der Waals surface area contributed by atoms with Crippen LogP contribution in [0.2, 0.25) is 0 Å². The summed E-state index contributed by atoms with van der Waals surface area (Å²) in [6.45, 7) is 0. The number of hydrogen-bond acceptors (Lipinski definition) is 4. The smallest absolute Gasteiger partial charge is 0.222 e. The van der Waals surface area contributed by atoms with Crippen LogP contribution in [0.25, 0.3) is 11.3 Å². The molecule has 3 nitrogen and oxygen atoms in total. The van der Waals surface area contributed by atoms with Crippen molar-refractivity contribution in [1.29, 1.82) is 0 Å². The molecule has 2 aromatic rings. The molecule has 0 fully saturated rings. The summed E-state index contributed by atoms with van der Waals surface area (Å²) in [5.41, 5.74) is 6.26. The number of halogens is 1. The Kier molecular flexibility index (Phi) is 2.64. The first-order chi connectivity index (χ1) is 7.22. The van der Waals surface area contributed by atoms with Gasteiger partial charge in [-0.1, -0.05) is 11.2 Å². The van der Waals surface area contributed by atoms with Crippen LogP contribution in [-0.2, 0) is 0 Å². The molecule has 5 heteroatoms. The minimum absolute atomic E-state index is 0.181. The molecule has 15 heavy (non-hydrogen) atoms. The Labute approximate surface area is 90.4 Å². The van der Waals surface area contributed by atoms with Crippen molar-refractivity contribution < 1.29 is 8.91 Å². The molecule has 2 N–H and O–H groups in total. The quantitative estimate of drug-likeness (QED) is 0.797. The van der Waals surface area contributed by atoms with Crippen molar-refractivity contribution >= 4 is 17.6 Å². The van der Waals surface area contributed by atoms with E-state index in [0.717, 1.165) is 4.90 Å². The molecule has 0 saturated heterocycles. The van der Waals surface area contributed by atoms with E-state index in [2.05, 4.69) is 5.16 Å². The molecule has 0 aliphatic carbocycles. The van der Waals surface area contributed by atoms with Crippen LogP contribution in [0.4, 0.5) is 10.3 Å². The number of hydrogen-bond donors (Lipinski definition) is 1. The molecule has 1 aromatic heterocycles. The summed E-state index contributed by atoms with van der Waals surface area (Å²) in [5, 5.41) is 3.70. The average molecular weight is 224 g/mol. The highest BCUT2D eigenvalue weighted by Gasteiger charge is 2.13. The molecule has 0 bridgehead atoms. The molecular formula is C10H9FN2OS. The topological polar surface area (TPSA) is 52.0 Å². The number of benzene rings is 1. The summed E-state index contributed by atoms with van der Waals surface area (Å²) < 4.78 is 18.3. The second-order valence-corrected chi connectivity index (χ2v) is 3.78. The summed E-state index contributed by atoms with van der Waals surface area (Å²) in [6, 6.07) is 6.39. The number of rotatable bonds is 2. The van der Waals surface area contributed by atoms with Gasteiger partial charge in [0.1, 0.15) is 11.5 Å². The van der Waals surface area contributed by atoms with Gasteiger partial charge in [-0.2, -0.15) is 0 Å². The lowest BCUT2D eigenvalue weighted by Crippen LogP contribution is -1.87. The molecule has 78 valence electrons. The van der Waals surface area contributed by atoms with E-state index >= 15 is 0 Å². The third-order valence-electron chi connectivity index (χ3n) is 1.98. The Morgan fingerprint density at radius 2 is 2.27 bits per heavy atom. The Hall–Kier alpha value is -1.49. The maximum atomic E-state index is 13.6. The van der Waals surface area contributed by atoms with Gasteiger partial charge in [-0.05, 0) is 18.4 Å². The largest absolute Gasteiger partial charge is 0.368 e. The fourth-order valence-corrected chi connectivity index (χ4v) is 1.95. The highest BCUT2D eigenvalue weighted by atomic mass is 32.2. The zero-order valence-corrected chi connectivity index (χ0v) is 8.84. The van der Waals surface area contributed by atoms with Gasteiger partial charge in [0.15, 0.2) is 0 Å². The van der Waals surface area contributed by atoms with Crippen LogP contribution in [0.1, 0.15) is 0 Å². The molecule has 0 atom stereocenters. The summed E-state index contributed by atoms with van der Waals surface area (Å²) in [4.78, 5) is 0.809. The van der Waals surface area contributed by atoms with E-state index < -0.39 is 0 Å². The molecule has 0 radical (unpaired) electrons. The van der Waals surface area contributed by atoms with Gasteiger partial charge in [0.25, 0.3) is 0 Å². The van der Waals surface area contributed by atoms with E-state index in [4.69, 9.17) is 10.3 Å². The highest BCUT2D eigenvalue weighted by molar-refractivity contribution is 7.98. The second-order valence-electron chi connectivity index (χ2n) is 2.93. The summed E-state index contributed by atoms with van der Waals surface area (Å²) in [5.74, 6) is -0.143. The number of nitrogens with two attached hydrogens (primary N) is 1. The number of nitrogen functional groups attached to an aromatic ring is 1. The molecular weight excluding hydrogens is 215 g/mol. The van der Waals surface area contributed by atoms with E-state index in [-0.39, 0.29) is 11.7 Å². The lowest BCUT2D eigenvalue weighted by atomic mass is 10.1. The van der Waals surface area contributed by atoms with Crippen molar-refractivity contribution in [3.8, 4) is 11.3 Å². The maximum Gasteiger partial charge on any atom is 0.222 e. The van der Waals surface area contributed by atoms with E-state index in [1.165, 1.54) is 23.9 Å². The van der Waals surface area contributed by atoms with Gasteiger partial charge in [0, 0.05) is 11.0 Å². The molecule has 0 aliphatic rings. The number of nitrogens with zero attached hydrogens (tertiary/aromatic N) is 1. The van der Waals surface area contributed by atoms with E-state index in [1.807, 2.05) is 12.3 Å². The van der Waals surface area contributed by atoms with E-state index in [0.29, 0.717) is 11.3 Å². The van der Waals surface area contributed by atoms with Crippen LogP contribution >= 0.6 is 11.8 Å². The van der Waals surface area contributed by atoms with Crippen LogP contribution in [0.3, 0.4) is 0 Å².